The molecule has 2 heterocycles. The third-order valence-corrected chi connectivity index (χ3v) is 5.57. The van der Waals surface area contributed by atoms with Crippen molar-refractivity contribution in [1.29, 1.82) is 0 Å². The topological polar surface area (TPSA) is 98.7 Å². The zero-order chi connectivity index (χ0) is 22.2. The van der Waals surface area contributed by atoms with E-state index >= 15 is 0 Å². The average Bonchev–Trinajstić information content (AvgIpc) is 2.82. The summed E-state index contributed by atoms with van der Waals surface area (Å²) in [5, 5.41) is 0.415. The molecule has 164 valence electrons. The van der Waals surface area contributed by atoms with Crippen molar-refractivity contribution in [3.8, 4) is 0 Å². The Morgan fingerprint density at radius 1 is 1.13 bits per heavy atom. The van der Waals surface area contributed by atoms with E-state index in [1.54, 1.807) is 18.1 Å². The first-order valence-electron chi connectivity index (χ1n) is 10.1. The molecule has 0 atom stereocenters. The van der Waals surface area contributed by atoms with Crippen molar-refractivity contribution in [3.63, 3.8) is 0 Å². The predicted octanol–water partition coefficient (Wildman–Crippen LogP) is 3.61. The third kappa shape index (κ3) is 5.81. The summed E-state index contributed by atoms with van der Waals surface area (Å²) in [6.45, 7) is 2.90. The lowest BCUT2D eigenvalue weighted by atomic mass is 9.90. The number of hydrogen-bond donors (Lipinski definition) is 0. The molecular weight excluding hydrogens is 418 g/mol. The van der Waals surface area contributed by atoms with Gasteiger partial charge in [0.25, 0.3) is 0 Å². The number of nitrogens with zero attached hydrogens (tertiary/aromatic N) is 3. The monoisotopic (exact) mass is 443 g/mol. The lowest BCUT2D eigenvalue weighted by Gasteiger charge is -2.30. The smallest absolute Gasteiger partial charge is 0.410 e. The Labute approximate surface area is 185 Å². The summed E-state index contributed by atoms with van der Waals surface area (Å²) in [5.74, 6) is -1.17. The van der Waals surface area contributed by atoms with Crippen molar-refractivity contribution in [3.05, 3.63) is 53.3 Å². The Kier molecular flexibility index (Phi) is 8.00. The molecule has 0 N–H and O–H groups in total. The standard InChI is InChI=1S/C22H25N3O5S/c1-3-29-20(27)17-13-23-21(31-2)24-18(17)19(26)16-9-11-25(12-10-16)22(28)30-14-15-7-5-4-6-8-15/h4-8,13,16H,3,9-12,14H2,1-2H3. The molecule has 0 spiro atoms. The van der Waals surface area contributed by atoms with E-state index in [0.717, 1.165) is 5.56 Å². The maximum absolute atomic E-state index is 13.1. The number of esters is 1. The molecule has 1 fully saturated rings. The lowest BCUT2D eigenvalue weighted by molar-refractivity contribution is 0.0519. The number of carbonyl (C=O) groups is 3. The van der Waals surface area contributed by atoms with Crippen LogP contribution in [0.1, 0.15) is 46.2 Å². The van der Waals surface area contributed by atoms with Gasteiger partial charge in [0.05, 0.1) is 6.61 Å². The summed E-state index contributed by atoms with van der Waals surface area (Å²) in [4.78, 5) is 47.7. The highest BCUT2D eigenvalue weighted by Gasteiger charge is 2.32. The van der Waals surface area contributed by atoms with Crippen LogP contribution in [-0.4, -0.2) is 58.7 Å². The molecule has 31 heavy (non-hydrogen) atoms. The van der Waals surface area contributed by atoms with E-state index in [-0.39, 0.29) is 36.2 Å². The van der Waals surface area contributed by atoms with Gasteiger partial charge in [0.1, 0.15) is 17.9 Å². The molecule has 8 nitrogen and oxygen atoms in total. The number of ketones is 1. The highest BCUT2D eigenvalue weighted by molar-refractivity contribution is 7.98. The molecule has 9 heteroatoms. The van der Waals surface area contributed by atoms with Crippen molar-refractivity contribution < 1.29 is 23.9 Å². The van der Waals surface area contributed by atoms with Crippen LogP contribution in [0.5, 0.6) is 0 Å². The molecule has 2 aromatic rings. The first-order valence-corrected chi connectivity index (χ1v) is 11.3. The van der Waals surface area contributed by atoms with E-state index in [1.165, 1.54) is 18.0 Å². The van der Waals surface area contributed by atoms with Gasteiger partial charge in [-0.2, -0.15) is 0 Å². The van der Waals surface area contributed by atoms with Gasteiger partial charge in [-0.3, -0.25) is 4.79 Å². The first kappa shape index (κ1) is 22.7. The van der Waals surface area contributed by atoms with Crippen LogP contribution in [-0.2, 0) is 16.1 Å². The van der Waals surface area contributed by atoms with Crippen molar-refractivity contribution in [2.45, 2.75) is 31.5 Å². The van der Waals surface area contributed by atoms with Crippen LogP contribution in [0.15, 0.2) is 41.7 Å². The number of Topliss-reactive ketones (excluding diaryl/α,β-unsaturated/α-hetero) is 1. The van der Waals surface area contributed by atoms with Crippen LogP contribution in [0, 0.1) is 5.92 Å². The zero-order valence-electron chi connectivity index (χ0n) is 17.6. The number of ether oxygens (including phenoxy) is 2. The van der Waals surface area contributed by atoms with Gasteiger partial charge >= 0.3 is 12.1 Å². The van der Waals surface area contributed by atoms with E-state index in [0.29, 0.717) is 31.1 Å². The number of amides is 1. The molecule has 1 amide bonds. The number of aromatic nitrogens is 2. The van der Waals surface area contributed by atoms with Crippen LogP contribution in [0.3, 0.4) is 0 Å². The maximum Gasteiger partial charge on any atom is 0.410 e. The normalized spacial score (nSPS) is 14.2. The lowest BCUT2D eigenvalue weighted by Crippen LogP contribution is -2.40. The maximum atomic E-state index is 13.1. The van der Waals surface area contributed by atoms with E-state index in [2.05, 4.69) is 9.97 Å². The fourth-order valence-electron chi connectivity index (χ4n) is 3.34. The second-order valence-corrected chi connectivity index (χ2v) is 7.78. The Bertz CT molecular complexity index is 930. The van der Waals surface area contributed by atoms with Gasteiger partial charge in [0, 0.05) is 25.2 Å². The number of rotatable bonds is 7. The second kappa shape index (κ2) is 10.9. The summed E-state index contributed by atoms with van der Waals surface area (Å²) in [6, 6.07) is 9.47. The van der Waals surface area contributed by atoms with Crippen molar-refractivity contribution in [2.75, 3.05) is 26.0 Å². The van der Waals surface area contributed by atoms with Crippen LogP contribution < -0.4 is 0 Å². The number of likely N-dealkylation sites (tertiary alicyclic amines) is 1. The van der Waals surface area contributed by atoms with E-state index in [4.69, 9.17) is 9.47 Å². The Balaban J connectivity index is 1.62. The number of piperidine rings is 1. The van der Waals surface area contributed by atoms with Crippen LogP contribution in [0.2, 0.25) is 0 Å². The molecule has 1 aromatic carbocycles. The second-order valence-electron chi connectivity index (χ2n) is 7.01. The summed E-state index contributed by atoms with van der Waals surface area (Å²) in [6.07, 6.45) is 3.70. The highest BCUT2D eigenvalue weighted by Crippen LogP contribution is 2.24. The zero-order valence-corrected chi connectivity index (χ0v) is 18.4. The molecule has 1 aliphatic heterocycles. The number of hydrogen-bond acceptors (Lipinski definition) is 8. The molecule has 1 aromatic heterocycles. The van der Waals surface area contributed by atoms with Crippen molar-refractivity contribution in [2.24, 2.45) is 5.92 Å². The van der Waals surface area contributed by atoms with Gasteiger partial charge < -0.3 is 14.4 Å². The minimum Gasteiger partial charge on any atom is -0.462 e. The molecular formula is C22H25N3O5S. The average molecular weight is 444 g/mol. The largest absolute Gasteiger partial charge is 0.462 e. The van der Waals surface area contributed by atoms with Crippen LogP contribution >= 0.6 is 11.8 Å². The fourth-order valence-corrected chi connectivity index (χ4v) is 3.68. The Morgan fingerprint density at radius 2 is 1.84 bits per heavy atom. The van der Waals surface area contributed by atoms with Gasteiger partial charge in [-0.1, -0.05) is 42.1 Å². The van der Waals surface area contributed by atoms with Gasteiger partial charge in [-0.05, 0) is 31.6 Å². The number of thioether (sulfide) groups is 1. The summed E-state index contributed by atoms with van der Waals surface area (Å²) in [7, 11) is 0. The van der Waals surface area contributed by atoms with Crippen LogP contribution in [0.25, 0.3) is 0 Å². The molecule has 1 aliphatic rings. The summed E-state index contributed by atoms with van der Waals surface area (Å²) >= 11 is 1.29. The van der Waals surface area contributed by atoms with E-state index in [1.807, 2.05) is 30.3 Å². The minimum atomic E-state index is -0.611. The first-order chi connectivity index (χ1) is 15.0. The molecule has 0 bridgehead atoms. The minimum absolute atomic E-state index is 0.0781. The molecule has 0 aliphatic carbocycles. The van der Waals surface area contributed by atoms with Crippen molar-refractivity contribution in [1.82, 2.24) is 14.9 Å². The van der Waals surface area contributed by atoms with Gasteiger partial charge in [-0.15, -0.1) is 0 Å². The molecule has 0 unspecified atom stereocenters. The molecule has 0 radical (unpaired) electrons. The fraction of sp³-hybridized carbons (Fsp3) is 0.409. The summed E-state index contributed by atoms with van der Waals surface area (Å²) < 4.78 is 10.4. The van der Waals surface area contributed by atoms with E-state index in [9.17, 15) is 14.4 Å². The quantitative estimate of drug-likeness (QED) is 0.277. The van der Waals surface area contributed by atoms with Gasteiger partial charge in [0.2, 0.25) is 0 Å². The van der Waals surface area contributed by atoms with Crippen LogP contribution in [0.4, 0.5) is 4.79 Å². The Hall–Kier alpha value is -2.94. The third-order valence-electron chi connectivity index (χ3n) is 5.01. The van der Waals surface area contributed by atoms with Gasteiger partial charge in [0.15, 0.2) is 10.9 Å². The Morgan fingerprint density at radius 3 is 2.48 bits per heavy atom. The SMILES string of the molecule is CCOC(=O)c1cnc(SC)nc1C(=O)C1CCN(C(=O)OCc2ccccc2)CC1. The highest BCUT2D eigenvalue weighted by atomic mass is 32.2. The van der Waals surface area contributed by atoms with Crippen molar-refractivity contribution >= 4 is 29.6 Å². The summed E-state index contributed by atoms with van der Waals surface area (Å²) in [5.41, 5.74) is 1.08. The molecule has 0 saturated carbocycles. The molecule has 3 rings (SSSR count). The van der Waals surface area contributed by atoms with Gasteiger partial charge in [-0.25, -0.2) is 19.6 Å². The predicted molar refractivity (Wildman–Crippen MR) is 115 cm³/mol. The molecule has 1 saturated heterocycles. The number of benzene rings is 1. The van der Waals surface area contributed by atoms with E-state index < -0.39 is 12.1 Å². The number of carbonyl (C=O) groups excluding carboxylic acids is 3.